The standard InChI is InChI=1S/C18H27N3O/c1-4-21(5-2)14-6-8-15(9-7-14)22-18-11-10-17-16(13(18)3)12-19-20-17/h10-12,14-15H,4-9H2,1-3H3,(H,19,20). The lowest BCUT2D eigenvalue weighted by molar-refractivity contribution is 0.0931. The molecule has 0 radical (unpaired) electrons. The van der Waals surface area contributed by atoms with Crippen LogP contribution >= 0.6 is 0 Å². The molecule has 120 valence electrons. The van der Waals surface area contributed by atoms with Crippen LogP contribution in [-0.4, -0.2) is 40.3 Å². The number of aryl methyl sites for hydroxylation is 1. The van der Waals surface area contributed by atoms with E-state index in [0.717, 1.165) is 48.6 Å². The van der Waals surface area contributed by atoms with Gasteiger partial charge in [-0.1, -0.05) is 13.8 Å². The van der Waals surface area contributed by atoms with Crippen LogP contribution < -0.4 is 4.74 Å². The van der Waals surface area contributed by atoms with Gasteiger partial charge in [-0.05, 0) is 57.8 Å². The second kappa shape index (κ2) is 6.69. The van der Waals surface area contributed by atoms with Crippen LogP contribution in [0.4, 0.5) is 0 Å². The van der Waals surface area contributed by atoms with Crippen LogP contribution in [-0.2, 0) is 0 Å². The van der Waals surface area contributed by atoms with Crippen molar-refractivity contribution in [3.05, 3.63) is 23.9 Å². The van der Waals surface area contributed by atoms with Crippen molar-refractivity contribution in [1.29, 1.82) is 0 Å². The summed E-state index contributed by atoms with van der Waals surface area (Å²) in [7, 11) is 0. The summed E-state index contributed by atoms with van der Waals surface area (Å²) in [6.07, 6.45) is 7.05. The molecule has 1 aliphatic rings. The first-order valence-corrected chi connectivity index (χ1v) is 8.56. The van der Waals surface area contributed by atoms with Gasteiger partial charge in [0.25, 0.3) is 0 Å². The Morgan fingerprint density at radius 3 is 2.59 bits per heavy atom. The Labute approximate surface area is 132 Å². The number of hydrogen-bond donors (Lipinski definition) is 1. The van der Waals surface area contributed by atoms with Crippen molar-refractivity contribution in [2.75, 3.05) is 13.1 Å². The number of nitrogens with zero attached hydrogens (tertiary/aromatic N) is 2. The molecule has 0 atom stereocenters. The number of aromatic amines is 1. The molecule has 0 amide bonds. The van der Waals surface area contributed by atoms with E-state index in [1.54, 1.807) is 0 Å². The maximum atomic E-state index is 6.30. The third-order valence-corrected chi connectivity index (χ3v) is 5.11. The Morgan fingerprint density at radius 1 is 1.18 bits per heavy atom. The van der Waals surface area contributed by atoms with Gasteiger partial charge in [0.1, 0.15) is 5.75 Å². The van der Waals surface area contributed by atoms with E-state index in [2.05, 4.69) is 48.0 Å². The zero-order valence-corrected chi connectivity index (χ0v) is 13.9. The van der Waals surface area contributed by atoms with E-state index in [9.17, 15) is 0 Å². The minimum Gasteiger partial charge on any atom is -0.490 e. The van der Waals surface area contributed by atoms with Crippen LogP contribution in [0.3, 0.4) is 0 Å². The number of benzene rings is 1. The Balaban J connectivity index is 1.63. The zero-order valence-electron chi connectivity index (χ0n) is 13.9. The monoisotopic (exact) mass is 301 g/mol. The van der Waals surface area contributed by atoms with Crippen molar-refractivity contribution in [1.82, 2.24) is 15.1 Å². The normalized spacial score (nSPS) is 22.4. The number of nitrogens with one attached hydrogen (secondary N) is 1. The third-order valence-electron chi connectivity index (χ3n) is 5.11. The minimum atomic E-state index is 0.356. The SMILES string of the molecule is CCN(CC)C1CCC(Oc2ccc3[nH]ncc3c2C)CC1. The fourth-order valence-electron chi connectivity index (χ4n) is 3.71. The highest BCUT2D eigenvalue weighted by Crippen LogP contribution is 2.31. The molecular weight excluding hydrogens is 274 g/mol. The largest absolute Gasteiger partial charge is 0.490 e. The van der Waals surface area contributed by atoms with E-state index in [1.807, 2.05) is 6.20 Å². The molecule has 0 saturated heterocycles. The van der Waals surface area contributed by atoms with Crippen molar-refractivity contribution in [3.8, 4) is 5.75 Å². The van der Waals surface area contributed by atoms with Gasteiger partial charge in [0.15, 0.2) is 0 Å². The Bertz CT molecular complexity index is 610. The lowest BCUT2D eigenvalue weighted by Gasteiger charge is -2.36. The minimum absolute atomic E-state index is 0.356. The fraction of sp³-hybridized carbons (Fsp3) is 0.611. The van der Waals surface area contributed by atoms with Crippen molar-refractivity contribution in [3.63, 3.8) is 0 Å². The molecule has 0 spiro atoms. The highest BCUT2D eigenvalue weighted by Gasteiger charge is 2.25. The number of ether oxygens (including phenoxy) is 1. The van der Waals surface area contributed by atoms with Gasteiger partial charge >= 0.3 is 0 Å². The molecular formula is C18H27N3O. The molecule has 1 saturated carbocycles. The van der Waals surface area contributed by atoms with Crippen LogP contribution in [0.15, 0.2) is 18.3 Å². The number of hydrogen-bond acceptors (Lipinski definition) is 3. The molecule has 0 bridgehead atoms. The van der Waals surface area contributed by atoms with E-state index in [0.29, 0.717) is 6.10 Å². The van der Waals surface area contributed by atoms with Gasteiger partial charge in [0, 0.05) is 17.0 Å². The Kier molecular flexibility index (Phi) is 4.67. The summed E-state index contributed by atoms with van der Waals surface area (Å²) >= 11 is 0. The lowest BCUT2D eigenvalue weighted by atomic mass is 9.91. The molecule has 1 heterocycles. The molecule has 0 unspecified atom stereocenters. The van der Waals surface area contributed by atoms with E-state index in [-0.39, 0.29) is 0 Å². The van der Waals surface area contributed by atoms with Crippen LogP contribution in [0, 0.1) is 6.92 Å². The third kappa shape index (κ3) is 2.98. The molecule has 3 rings (SSSR count). The van der Waals surface area contributed by atoms with Crippen molar-refractivity contribution < 1.29 is 4.74 Å². The number of aromatic nitrogens is 2. The molecule has 22 heavy (non-hydrogen) atoms. The molecule has 1 fully saturated rings. The molecule has 4 heteroatoms. The first kappa shape index (κ1) is 15.3. The number of rotatable bonds is 5. The molecule has 4 nitrogen and oxygen atoms in total. The maximum absolute atomic E-state index is 6.30. The summed E-state index contributed by atoms with van der Waals surface area (Å²) in [6, 6.07) is 4.88. The van der Waals surface area contributed by atoms with E-state index < -0.39 is 0 Å². The van der Waals surface area contributed by atoms with Crippen LogP contribution in [0.25, 0.3) is 10.9 Å². The van der Waals surface area contributed by atoms with Crippen LogP contribution in [0.1, 0.15) is 45.1 Å². The summed E-state index contributed by atoms with van der Waals surface area (Å²) in [6.45, 7) is 8.95. The van der Waals surface area contributed by atoms with Crippen molar-refractivity contribution in [2.24, 2.45) is 0 Å². The molecule has 1 aromatic carbocycles. The van der Waals surface area contributed by atoms with Gasteiger partial charge in [-0.25, -0.2) is 0 Å². The molecule has 2 aromatic rings. The van der Waals surface area contributed by atoms with Crippen molar-refractivity contribution >= 4 is 10.9 Å². The summed E-state index contributed by atoms with van der Waals surface area (Å²) in [4.78, 5) is 2.58. The fourth-order valence-corrected chi connectivity index (χ4v) is 3.71. The topological polar surface area (TPSA) is 41.1 Å². The van der Waals surface area contributed by atoms with Crippen LogP contribution in [0.2, 0.25) is 0 Å². The van der Waals surface area contributed by atoms with Gasteiger partial charge in [-0.2, -0.15) is 5.10 Å². The Hall–Kier alpha value is -1.55. The van der Waals surface area contributed by atoms with Gasteiger partial charge in [-0.3, -0.25) is 5.10 Å². The van der Waals surface area contributed by atoms with E-state index in [1.165, 1.54) is 18.4 Å². The van der Waals surface area contributed by atoms with Crippen LogP contribution in [0.5, 0.6) is 5.75 Å². The second-order valence-corrected chi connectivity index (χ2v) is 6.29. The van der Waals surface area contributed by atoms with Gasteiger partial charge in [0.05, 0.1) is 17.8 Å². The number of H-pyrrole nitrogens is 1. The smallest absolute Gasteiger partial charge is 0.123 e. The average Bonchev–Trinajstić information content (AvgIpc) is 3.02. The summed E-state index contributed by atoms with van der Waals surface area (Å²) in [5.41, 5.74) is 2.27. The predicted molar refractivity (Wildman–Crippen MR) is 90.4 cm³/mol. The van der Waals surface area contributed by atoms with Gasteiger partial charge in [0.2, 0.25) is 0 Å². The Morgan fingerprint density at radius 2 is 1.91 bits per heavy atom. The predicted octanol–water partition coefficient (Wildman–Crippen LogP) is 3.90. The van der Waals surface area contributed by atoms with E-state index >= 15 is 0 Å². The van der Waals surface area contributed by atoms with Crippen molar-refractivity contribution in [2.45, 2.75) is 58.6 Å². The van der Waals surface area contributed by atoms with E-state index in [4.69, 9.17) is 4.74 Å². The summed E-state index contributed by atoms with van der Waals surface area (Å²) in [5, 5.41) is 8.28. The number of fused-ring (bicyclic) bond motifs is 1. The maximum Gasteiger partial charge on any atom is 0.123 e. The first-order chi connectivity index (χ1) is 10.7. The molecule has 0 aliphatic heterocycles. The average molecular weight is 301 g/mol. The highest BCUT2D eigenvalue weighted by atomic mass is 16.5. The van der Waals surface area contributed by atoms with Gasteiger partial charge < -0.3 is 9.64 Å². The molecule has 1 aromatic heterocycles. The molecule has 1 aliphatic carbocycles. The molecule has 1 N–H and O–H groups in total. The zero-order chi connectivity index (χ0) is 15.5. The summed E-state index contributed by atoms with van der Waals surface area (Å²) in [5.74, 6) is 1.01. The lowest BCUT2D eigenvalue weighted by Crippen LogP contribution is -2.39. The first-order valence-electron chi connectivity index (χ1n) is 8.56. The summed E-state index contributed by atoms with van der Waals surface area (Å²) < 4.78 is 6.30. The van der Waals surface area contributed by atoms with Gasteiger partial charge in [-0.15, -0.1) is 0 Å². The second-order valence-electron chi connectivity index (χ2n) is 6.29. The quantitative estimate of drug-likeness (QED) is 0.910. The highest BCUT2D eigenvalue weighted by molar-refractivity contribution is 5.83.